The number of carboxylic acid groups (broad SMARTS) is 1. The summed E-state index contributed by atoms with van der Waals surface area (Å²) < 4.78 is 0. The number of hydrogen-bond donors (Lipinski definition) is 8. The van der Waals surface area contributed by atoms with E-state index >= 15 is 0 Å². The third-order valence-corrected chi connectivity index (χ3v) is 5.11. The molecule has 0 aliphatic rings. The molecule has 3 amide bonds. The Bertz CT molecular complexity index is 983. The van der Waals surface area contributed by atoms with Gasteiger partial charge in [0.1, 0.15) is 24.2 Å². The molecule has 0 aliphatic carbocycles. The van der Waals surface area contributed by atoms with E-state index in [4.69, 9.17) is 10.8 Å². The van der Waals surface area contributed by atoms with Gasteiger partial charge in [-0.25, -0.2) is 9.78 Å². The van der Waals surface area contributed by atoms with Crippen LogP contribution in [0.25, 0.3) is 0 Å². The third-order valence-electron chi connectivity index (χ3n) is 5.11. The van der Waals surface area contributed by atoms with Crippen molar-refractivity contribution in [3.8, 4) is 0 Å². The number of nitrogens with two attached hydrogens (primary N) is 1. The third kappa shape index (κ3) is 8.48. The van der Waals surface area contributed by atoms with Crippen LogP contribution in [0.1, 0.15) is 18.2 Å². The smallest absolute Gasteiger partial charge is 0.326 e. The molecule has 2 rings (SSSR count). The van der Waals surface area contributed by atoms with Gasteiger partial charge in [0.15, 0.2) is 0 Å². The van der Waals surface area contributed by atoms with E-state index in [1.54, 1.807) is 30.3 Å². The molecule has 0 saturated carbocycles. The second kappa shape index (κ2) is 13.2. The van der Waals surface area contributed by atoms with Crippen LogP contribution in [0.4, 0.5) is 0 Å². The van der Waals surface area contributed by atoms with E-state index in [-0.39, 0.29) is 12.8 Å². The molecule has 13 heteroatoms. The van der Waals surface area contributed by atoms with Crippen molar-refractivity contribution in [2.24, 2.45) is 5.73 Å². The minimum Gasteiger partial charge on any atom is -0.480 e. The number of imidazole rings is 1. The number of amides is 3. The number of aliphatic hydroxyl groups excluding tert-OH is 2. The lowest BCUT2D eigenvalue weighted by Gasteiger charge is -2.26. The van der Waals surface area contributed by atoms with Crippen molar-refractivity contribution in [2.45, 2.75) is 50.0 Å². The molecule has 1 aromatic carbocycles. The van der Waals surface area contributed by atoms with Gasteiger partial charge in [0.05, 0.1) is 19.0 Å². The van der Waals surface area contributed by atoms with Gasteiger partial charge in [0, 0.05) is 24.7 Å². The maximum Gasteiger partial charge on any atom is 0.326 e. The van der Waals surface area contributed by atoms with Crippen LogP contribution in [0.3, 0.4) is 0 Å². The summed E-state index contributed by atoms with van der Waals surface area (Å²) in [5, 5.41) is 35.8. The van der Waals surface area contributed by atoms with Crippen LogP contribution in [0.15, 0.2) is 42.9 Å². The highest BCUT2D eigenvalue weighted by Gasteiger charge is 2.33. The highest BCUT2D eigenvalue weighted by molar-refractivity contribution is 5.94. The van der Waals surface area contributed by atoms with Gasteiger partial charge in [0.2, 0.25) is 17.7 Å². The Morgan fingerprint density at radius 1 is 1.00 bits per heavy atom. The fraction of sp³-hybridized carbons (Fsp3) is 0.409. The molecule has 5 atom stereocenters. The van der Waals surface area contributed by atoms with Crippen molar-refractivity contribution in [3.05, 3.63) is 54.1 Å². The molecule has 35 heavy (non-hydrogen) atoms. The Labute approximate surface area is 201 Å². The van der Waals surface area contributed by atoms with Crippen LogP contribution >= 0.6 is 0 Å². The Balaban J connectivity index is 2.16. The number of benzene rings is 1. The largest absolute Gasteiger partial charge is 0.480 e. The van der Waals surface area contributed by atoms with Crippen LogP contribution in [0.5, 0.6) is 0 Å². The minimum atomic E-state index is -1.52. The van der Waals surface area contributed by atoms with Gasteiger partial charge in [-0.15, -0.1) is 0 Å². The molecule has 5 unspecified atom stereocenters. The Morgan fingerprint density at radius 3 is 2.20 bits per heavy atom. The first-order chi connectivity index (χ1) is 16.6. The summed E-state index contributed by atoms with van der Waals surface area (Å²) in [4.78, 5) is 56.2. The molecule has 13 nitrogen and oxygen atoms in total. The number of rotatable bonds is 13. The molecule has 0 bridgehead atoms. The van der Waals surface area contributed by atoms with Crippen LogP contribution in [-0.4, -0.2) is 85.9 Å². The number of carboxylic acids is 1. The normalized spacial score (nSPS) is 15.2. The van der Waals surface area contributed by atoms with Gasteiger partial charge in [-0.05, 0) is 12.5 Å². The first kappa shape index (κ1) is 27.4. The molecular formula is C22H30N6O7. The molecule has 1 heterocycles. The lowest BCUT2D eigenvalue weighted by molar-refractivity contribution is -0.143. The van der Waals surface area contributed by atoms with Crippen molar-refractivity contribution >= 4 is 23.7 Å². The second-order valence-corrected chi connectivity index (χ2v) is 7.95. The van der Waals surface area contributed by atoms with Crippen molar-refractivity contribution in [1.29, 1.82) is 0 Å². The zero-order valence-corrected chi connectivity index (χ0v) is 19.0. The number of aliphatic hydroxyl groups is 2. The van der Waals surface area contributed by atoms with Crippen molar-refractivity contribution in [3.63, 3.8) is 0 Å². The fourth-order valence-corrected chi connectivity index (χ4v) is 3.16. The van der Waals surface area contributed by atoms with Gasteiger partial charge >= 0.3 is 5.97 Å². The predicted octanol–water partition coefficient (Wildman–Crippen LogP) is -2.57. The topological polar surface area (TPSA) is 220 Å². The molecule has 1 aromatic heterocycles. The zero-order chi connectivity index (χ0) is 26.0. The highest BCUT2D eigenvalue weighted by atomic mass is 16.4. The zero-order valence-electron chi connectivity index (χ0n) is 19.0. The van der Waals surface area contributed by atoms with Crippen LogP contribution in [-0.2, 0) is 32.0 Å². The van der Waals surface area contributed by atoms with E-state index in [1.807, 2.05) is 0 Å². The van der Waals surface area contributed by atoms with E-state index in [0.29, 0.717) is 11.3 Å². The second-order valence-electron chi connectivity index (χ2n) is 7.95. The Kier molecular flexibility index (Phi) is 10.3. The van der Waals surface area contributed by atoms with Crippen LogP contribution in [0, 0.1) is 0 Å². The first-order valence-electron chi connectivity index (χ1n) is 10.8. The van der Waals surface area contributed by atoms with Gasteiger partial charge in [-0.1, -0.05) is 30.3 Å². The van der Waals surface area contributed by atoms with E-state index < -0.39 is 60.6 Å². The standard InChI is InChI=1S/C22H30N6O7/c1-12(30)18(21(33)27-17(22(34)35)8-14-9-24-11-25-14)28-20(32)16(26-19(31)15(23)10-29)7-13-5-3-2-4-6-13/h2-6,9,11-12,15-18,29-30H,7-8,10,23H2,1H3,(H,24,25)(H,26,31)(H,27,33)(H,28,32)(H,34,35). The molecule has 190 valence electrons. The minimum absolute atomic E-state index is 0.0300. The lowest BCUT2D eigenvalue weighted by Crippen LogP contribution is -2.60. The number of carbonyl (C=O) groups is 4. The molecule has 0 saturated heterocycles. The van der Waals surface area contributed by atoms with Crippen molar-refractivity contribution in [2.75, 3.05) is 6.61 Å². The SMILES string of the molecule is CC(O)C(NC(=O)C(Cc1ccccc1)NC(=O)C(N)CO)C(=O)NC(Cc1cnc[nH]1)C(=O)O. The monoisotopic (exact) mass is 490 g/mol. The summed E-state index contributed by atoms with van der Waals surface area (Å²) in [5.41, 5.74) is 6.68. The quantitative estimate of drug-likeness (QED) is 0.148. The van der Waals surface area contributed by atoms with E-state index in [2.05, 4.69) is 25.9 Å². The van der Waals surface area contributed by atoms with E-state index in [0.717, 1.165) is 0 Å². The number of nitrogens with one attached hydrogen (secondary N) is 4. The number of nitrogens with zero attached hydrogens (tertiary/aromatic N) is 1. The van der Waals surface area contributed by atoms with Gasteiger partial charge in [-0.2, -0.15) is 0 Å². The predicted molar refractivity (Wildman–Crippen MR) is 123 cm³/mol. The maximum atomic E-state index is 13.0. The molecule has 0 aliphatic heterocycles. The summed E-state index contributed by atoms with van der Waals surface area (Å²) in [6.45, 7) is 0.610. The Hall–Kier alpha value is -3.81. The molecular weight excluding hydrogens is 460 g/mol. The first-order valence-corrected chi connectivity index (χ1v) is 10.8. The van der Waals surface area contributed by atoms with Gasteiger partial charge in [0.25, 0.3) is 0 Å². The average Bonchev–Trinajstić information content (AvgIpc) is 3.34. The van der Waals surface area contributed by atoms with Gasteiger partial charge in [-0.3, -0.25) is 14.4 Å². The van der Waals surface area contributed by atoms with Gasteiger partial charge < -0.3 is 42.0 Å². The number of aromatic nitrogens is 2. The van der Waals surface area contributed by atoms with Crippen LogP contribution < -0.4 is 21.7 Å². The number of aromatic amines is 1. The van der Waals surface area contributed by atoms with Crippen molar-refractivity contribution in [1.82, 2.24) is 25.9 Å². The summed E-state index contributed by atoms with van der Waals surface area (Å²) in [7, 11) is 0. The number of H-pyrrole nitrogens is 1. The summed E-state index contributed by atoms with van der Waals surface area (Å²) in [5.74, 6) is -3.85. The number of hydrogen-bond acceptors (Lipinski definition) is 8. The molecule has 0 spiro atoms. The molecule has 0 radical (unpaired) electrons. The number of aliphatic carboxylic acids is 1. The van der Waals surface area contributed by atoms with Crippen molar-refractivity contribution < 1.29 is 34.5 Å². The average molecular weight is 491 g/mol. The molecule has 0 fully saturated rings. The summed E-state index contributed by atoms with van der Waals surface area (Å²) in [6, 6.07) is 3.36. The molecule has 2 aromatic rings. The van der Waals surface area contributed by atoms with E-state index in [9.17, 15) is 29.4 Å². The fourth-order valence-electron chi connectivity index (χ4n) is 3.16. The summed E-state index contributed by atoms with van der Waals surface area (Å²) in [6.07, 6.45) is 1.30. The summed E-state index contributed by atoms with van der Waals surface area (Å²) >= 11 is 0. The van der Waals surface area contributed by atoms with E-state index in [1.165, 1.54) is 19.4 Å². The maximum absolute atomic E-state index is 13.0. The molecule has 9 N–H and O–H groups in total. The number of carbonyl (C=O) groups excluding carboxylic acids is 3. The van der Waals surface area contributed by atoms with Crippen LogP contribution in [0.2, 0.25) is 0 Å². The Morgan fingerprint density at radius 2 is 1.66 bits per heavy atom. The lowest BCUT2D eigenvalue weighted by atomic mass is 10.0. The highest BCUT2D eigenvalue weighted by Crippen LogP contribution is 2.06.